The van der Waals surface area contributed by atoms with Crippen LogP contribution in [0.25, 0.3) is 88.3 Å². The van der Waals surface area contributed by atoms with Gasteiger partial charge in [-0.1, -0.05) is 225 Å². The van der Waals surface area contributed by atoms with Gasteiger partial charge in [0.1, 0.15) is 0 Å². The van der Waals surface area contributed by atoms with Crippen molar-refractivity contribution in [2.45, 2.75) is 77.0 Å². The molecule has 2 heteroatoms. The van der Waals surface area contributed by atoms with Crippen molar-refractivity contribution in [3.63, 3.8) is 0 Å². The molecule has 17 rings (SSSR count). The first-order valence-corrected chi connectivity index (χ1v) is 31.4. The molecule has 13 aromatic carbocycles. The van der Waals surface area contributed by atoms with Gasteiger partial charge < -0.3 is 9.80 Å². The summed E-state index contributed by atoms with van der Waals surface area (Å²) in [4.78, 5) is 4.95. The number of nitrogens with zero attached hydrogens (tertiary/aromatic N) is 2. The molecule has 0 N–H and O–H groups in total. The molecule has 0 atom stereocenters. The highest BCUT2D eigenvalue weighted by atomic mass is 15.1. The molecule has 0 radical (unpaired) electrons. The molecular weight excluding hydrogens is 1060 g/mol. The number of hydrogen-bond donors (Lipinski definition) is 0. The Morgan fingerprint density at radius 3 is 0.830 bits per heavy atom. The molecule has 0 heterocycles. The van der Waals surface area contributed by atoms with Crippen molar-refractivity contribution in [1.29, 1.82) is 0 Å². The fourth-order valence-corrected chi connectivity index (χ4v) is 16.5. The van der Waals surface area contributed by atoms with Crippen LogP contribution in [0.3, 0.4) is 0 Å². The number of para-hydroxylation sites is 2. The molecule has 0 aliphatic heterocycles. The second-order valence-electron chi connectivity index (χ2n) is 27.2. The lowest BCUT2D eigenvalue weighted by atomic mass is 9.79. The fourth-order valence-electron chi connectivity index (χ4n) is 16.5. The zero-order valence-corrected chi connectivity index (χ0v) is 51.3. The van der Waals surface area contributed by atoms with Gasteiger partial charge in [-0.05, 0) is 230 Å². The van der Waals surface area contributed by atoms with Crippen molar-refractivity contribution in [2.24, 2.45) is 0 Å². The second-order valence-corrected chi connectivity index (χ2v) is 27.2. The lowest BCUT2D eigenvalue weighted by Crippen LogP contribution is -2.17. The molecule has 0 saturated carbocycles. The second kappa shape index (κ2) is 18.7. The number of fused-ring (bicyclic) bond motifs is 14. The van der Waals surface area contributed by atoms with E-state index in [1.807, 2.05) is 0 Å². The van der Waals surface area contributed by atoms with E-state index in [-0.39, 0.29) is 21.7 Å². The summed E-state index contributed by atoms with van der Waals surface area (Å²) in [5.74, 6) is 0. The van der Waals surface area contributed by atoms with Gasteiger partial charge in [0.15, 0.2) is 0 Å². The Morgan fingerprint density at radius 2 is 0.466 bits per heavy atom. The molecule has 88 heavy (non-hydrogen) atoms. The zero-order valence-electron chi connectivity index (χ0n) is 51.3. The third kappa shape index (κ3) is 7.42. The Balaban J connectivity index is 0.838. The molecule has 0 saturated heterocycles. The van der Waals surface area contributed by atoms with Gasteiger partial charge in [-0.25, -0.2) is 0 Å². The summed E-state index contributed by atoms with van der Waals surface area (Å²) in [5.41, 5.74) is 32.9. The molecule has 0 spiro atoms. The molecule has 0 fully saturated rings. The normalized spacial score (nSPS) is 15.2. The molecule has 4 aliphatic carbocycles. The third-order valence-corrected chi connectivity index (χ3v) is 21.0. The van der Waals surface area contributed by atoms with Gasteiger partial charge in [0.05, 0.1) is 0 Å². The SMILES string of the molecule is CC1(C)c2ccccc2-c2cc3c(cc21)-c1ccc(N(c2ccccc2)c2ccc4c(-c5ccccc5)c5cc(N(c6ccccc6)c6ccc7c(c6)C(C)(C)c6cc8c(cc6-7)C(C)(C)c6ccccc6-8)ccc5c(-c5ccccc5)c4c2)cc1C3(C)C. The van der Waals surface area contributed by atoms with Gasteiger partial charge in [-0.2, -0.15) is 0 Å². The third-order valence-electron chi connectivity index (χ3n) is 21.0. The van der Waals surface area contributed by atoms with Crippen LogP contribution in [0.4, 0.5) is 34.1 Å². The molecule has 0 bridgehead atoms. The number of rotatable bonds is 8. The molecule has 0 amide bonds. The van der Waals surface area contributed by atoms with Crippen LogP contribution in [0, 0.1) is 0 Å². The number of benzene rings is 13. The van der Waals surface area contributed by atoms with Crippen LogP contribution in [0.2, 0.25) is 0 Å². The maximum absolute atomic E-state index is 2.52. The summed E-state index contributed by atoms with van der Waals surface area (Å²) in [6.45, 7) is 19.2. The van der Waals surface area contributed by atoms with E-state index in [1.54, 1.807) is 0 Å². The van der Waals surface area contributed by atoms with Gasteiger partial charge in [0.25, 0.3) is 0 Å². The molecule has 0 unspecified atom stereocenters. The van der Waals surface area contributed by atoms with Crippen molar-refractivity contribution in [3.05, 3.63) is 311 Å². The van der Waals surface area contributed by atoms with E-state index in [4.69, 9.17) is 0 Å². The summed E-state index contributed by atoms with van der Waals surface area (Å²) in [5, 5.41) is 4.81. The van der Waals surface area contributed by atoms with E-state index in [1.165, 1.54) is 133 Å². The monoisotopic (exact) mass is 1130 g/mol. The first-order valence-electron chi connectivity index (χ1n) is 31.4. The van der Waals surface area contributed by atoms with Crippen molar-refractivity contribution < 1.29 is 0 Å². The highest BCUT2D eigenvalue weighted by Crippen LogP contribution is 2.60. The first-order chi connectivity index (χ1) is 42.7. The van der Waals surface area contributed by atoms with Gasteiger partial charge in [0.2, 0.25) is 0 Å². The van der Waals surface area contributed by atoms with Crippen molar-refractivity contribution in [1.82, 2.24) is 0 Å². The van der Waals surface area contributed by atoms with E-state index in [9.17, 15) is 0 Å². The van der Waals surface area contributed by atoms with Crippen molar-refractivity contribution in [3.8, 4) is 66.8 Å². The molecule has 4 aliphatic rings. The van der Waals surface area contributed by atoms with Crippen LogP contribution >= 0.6 is 0 Å². The average molecular weight is 1130 g/mol. The lowest BCUT2D eigenvalue weighted by molar-refractivity contribution is 0.652. The predicted molar refractivity (Wildman–Crippen MR) is 372 cm³/mol. The Labute approximate surface area is 517 Å². The van der Waals surface area contributed by atoms with E-state index in [2.05, 4.69) is 332 Å². The van der Waals surface area contributed by atoms with Gasteiger partial charge in [0, 0.05) is 55.8 Å². The minimum absolute atomic E-state index is 0.0782. The van der Waals surface area contributed by atoms with Crippen molar-refractivity contribution in [2.75, 3.05) is 9.80 Å². The first kappa shape index (κ1) is 52.3. The van der Waals surface area contributed by atoms with Crippen molar-refractivity contribution >= 4 is 55.7 Å². The Hall–Kier alpha value is -10.0. The van der Waals surface area contributed by atoms with Crippen LogP contribution in [0.15, 0.2) is 267 Å². The lowest BCUT2D eigenvalue weighted by Gasteiger charge is -2.30. The molecule has 422 valence electrons. The van der Waals surface area contributed by atoms with E-state index >= 15 is 0 Å². The summed E-state index contributed by atoms with van der Waals surface area (Å²) < 4.78 is 0. The van der Waals surface area contributed by atoms with Crippen LogP contribution in [-0.4, -0.2) is 0 Å². The van der Waals surface area contributed by atoms with Gasteiger partial charge in [-0.3, -0.25) is 0 Å². The van der Waals surface area contributed by atoms with Crippen LogP contribution in [0.5, 0.6) is 0 Å². The topological polar surface area (TPSA) is 6.48 Å². The van der Waals surface area contributed by atoms with E-state index in [0.717, 1.165) is 34.1 Å². The maximum atomic E-state index is 2.52. The highest BCUT2D eigenvalue weighted by Gasteiger charge is 2.44. The van der Waals surface area contributed by atoms with Crippen LogP contribution < -0.4 is 9.80 Å². The maximum Gasteiger partial charge on any atom is 0.0468 e. The summed E-state index contributed by atoms with van der Waals surface area (Å²) in [6, 6.07) is 101. The molecule has 2 nitrogen and oxygen atoms in total. The Bertz CT molecular complexity index is 4740. The standard InChI is InChI=1S/C86H68N2/c1-83(2)73-35-23-21-33-61(73)67-49-79-69(51-77(67)83)63-41-37-59(47-75(63)85(79,5)6)87(55-29-17-11-18-30-55)57-39-43-65-71(45-57)81(53-25-13-9-14-26-53)66-44-40-58(46-72(66)82(65)54-27-15-10-16-28-54)88(56-31-19-12-20-32-56)60-38-42-64-70-52-78-68(50-80(70)86(7,8)76(64)48-60)62-34-22-24-36-74(62)84(78,3)4/h9-52H,1-8H3. The highest BCUT2D eigenvalue weighted by molar-refractivity contribution is 6.23. The summed E-state index contributed by atoms with van der Waals surface area (Å²) in [6.07, 6.45) is 0. The fraction of sp³-hybridized carbons (Fsp3) is 0.140. The average Bonchev–Trinajstić information content (AvgIpc) is 1.02. The van der Waals surface area contributed by atoms with E-state index < -0.39 is 0 Å². The van der Waals surface area contributed by atoms with Gasteiger partial charge >= 0.3 is 0 Å². The molecular formula is C86H68N2. The smallest absolute Gasteiger partial charge is 0.0468 e. The van der Waals surface area contributed by atoms with Gasteiger partial charge in [-0.15, -0.1) is 0 Å². The van der Waals surface area contributed by atoms with Crippen LogP contribution in [0.1, 0.15) is 99.9 Å². The minimum atomic E-state index is -0.225. The quantitative estimate of drug-likeness (QED) is 0.140. The largest absolute Gasteiger partial charge is 0.310 e. The Morgan fingerprint density at radius 1 is 0.193 bits per heavy atom. The van der Waals surface area contributed by atoms with E-state index in [0.29, 0.717) is 0 Å². The molecule has 0 aromatic heterocycles. The molecule has 13 aromatic rings. The number of hydrogen-bond acceptors (Lipinski definition) is 2. The minimum Gasteiger partial charge on any atom is -0.310 e. The summed E-state index contributed by atoms with van der Waals surface area (Å²) >= 11 is 0. The predicted octanol–water partition coefficient (Wildman–Crippen LogP) is 23.5. The number of anilines is 6. The Kier molecular flexibility index (Phi) is 11.1. The zero-order chi connectivity index (χ0) is 59.6. The van der Waals surface area contributed by atoms with Crippen LogP contribution in [-0.2, 0) is 21.7 Å². The summed E-state index contributed by atoms with van der Waals surface area (Å²) in [7, 11) is 0.